The summed E-state index contributed by atoms with van der Waals surface area (Å²) in [4.78, 5) is 31.0. The third-order valence-corrected chi connectivity index (χ3v) is 4.52. The zero-order chi connectivity index (χ0) is 20.1. The first kappa shape index (κ1) is 19.5. The molecular weight excluding hydrogens is 359 g/mol. The molecule has 0 spiro atoms. The van der Waals surface area contributed by atoms with Crippen LogP contribution >= 0.6 is 0 Å². The van der Waals surface area contributed by atoms with Crippen molar-refractivity contribution in [1.82, 2.24) is 9.88 Å². The molecule has 2 aromatic carbocycles. The minimum absolute atomic E-state index is 0.240. The van der Waals surface area contributed by atoms with E-state index in [1.165, 1.54) is 12.1 Å². The van der Waals surface area contributed by atoms with Gasteiger partial charge < -0.3 is 9.64 Å². The second kappa shape index (κ2) is 8.61. The lowest BCUT2D eigenvalue weighted by Crippen LogP contribution is -2.34. The Labute approximate surface area is 162 Å². The van der Waals surface area contributed by atoms with Crippen LogP contribution in [0.2, 0.25) is 0 Å². The van der Waals surface area contributed by atoms with Crippen LogP contribution in [0.3, 0.4) is 0 Å². The third kappa shape index (κ3) is 4.17. The highest BCUT2D eigenvalue weighted by Gasteiger charge is 2.18. The summed E-state index contributed by atoms with van der Waals surface area (Å²) in [5, 5.41) is 0.633. The third-order valence-electron chi connectivity index (χ3n) is 4.52. The molecule has 0 aliphatic carbocycles. The quantitative estimate of drug-likeness (QED) is 0.605. The first-order chi connectivity index (χ1) is 13.5. The van der Waals surface area contributed by atoms with Crippen LogP contribution in [0.4, 0.5) is 4.39 Å². The Bertz CT molecular complexity index is 998. The number of likely N-dealkylation sites (N-methyl/N-ethyl adjacent to an activating group) is 1. The molecule has 1 aromatic heterocycles. The zero-order valence-corrected chi connectivity index (χ0v) is 15.8. The summed E-state index contributed by atoms with van der Waals surface area (Å²) in [6, 6.07) is 14.7. The van der Waals surface area contributed by atoms with E-state index in [2.05, 4.69) is 4.98 Å². The van der Waals surface area contributed by atoms with E-state index in [9.17, 15) is 14.0 Å². The van der Waals surface area contributed by atoms with Gasteiger partial charge in [0.2, 0.25) is 0 Å². The van der Waals surface area contributed by atoms with Crippen molar-refractivity contribution in [3.63, 3.8) is 0 Å². The summed E-state index contributed by atoms with van der Waals surface area (Å²) in [7, 11) is 0. The van der Waals surface area contributed by atoms with Gasteiger partial charge in [-0.3, -0.25) is 4.79 Å². The highest BCUT2D eigenvalue weighted by Crippen LogP contribution is 2.25. The van der Waals surface area contributed by atoms with Crippen molar-refractivity contribution < 1.29 is 18.7 Å². The van der Waals surface area contributed by atoms with Gasteiger partial charge in [-0.15, -0.1) is 0 Å². The molecule has 0 saturated carbocycles. The molecule has 28 heavy (non-hydrogen) atoms. The van der Waals surface area contributed by atoms with Crippen molar-refractivity contribution in [1.29, 1.82) is 0 Å². The molecule has 0 N–H and O–H groups in total. The van der Waals surface area contributed by atoms with Crippen LogP contribution in [-0.2, 0) is 9.53 Å². The lowest BCUT2D eigenvalue weighted by molar-refractivity contribution is -0.134. The number of benzene rings is 2. The number of hydrogen-bond acceptors (Lipinski definition) is 4. The van der Waals surface area contributed by atoms with Gasteiger partial charge in [-0.05, 0) is 50.2 Å². The van der Waals surface area contributed by atoms with Crippen LogP contribution in [-0.4, -0.2) is 41.5 Å². The standard InChI is InChI=1S/C22H21FN2O3/c1-3-25(4-2)21(26)14-28-22(27)18-13-20(15-9-11-16(23)12-10-15)24-19-8-6-5-7-17(18)19/h5-13H,3-4,14H2,1-2H3. The fourth-order valence-corrected chi connectivity index (χ4v) is 2.99. The Morgan fingerprint density at radius 2 is 1.71 bits per heavy atom. The molecule has 0 aliphatic rings. The number of para-hydroxylation sites is 1. The number of nitrogens with zero attached hydrogens (tertiary/aromatic N) is 2. The first-order valence-corrected chi connectivity index (χ1v) is 9.14. The smallest absolute Gasteiger partial charge is 0.339 e. The predicted octanol–water partition coefficient (Wildman–Crippen LogP) is 4.07. The molecule has 0 atom stereocenters. The molecule has 5 nitrogen and oxygen atoms in total. The fourth-order valence-electron chi connectivity index (χ4n) is 2.99. The summed E-state index contributed by atoms with van der Waals surface area (Å²) in [5.74, 6) is -1.18. The Morgan fingerprint density at radius 1 is 1.04 bits per heavy atom. The number of rotatable bonds is 6. The largest absolute Gasteiger partial charge is 0.452 e. The van der Waals surface area contributed by atoms with Crippen molar-refractivity contribution in [2.45, 2.75) is 13.8 Å². The molecule has 0 radical (unpaired) electrons. The van der Waals surface area contributed by atoms with Gasteiger partial charge in [-0.2, -0.15) is 0 Å². The molecule has 6 heteroatoms. The zero-order valence-electron chi connectivity index (χ0n) is 15.8. The van der Waals surface area contributed by atoms with Gasteiger partial charge >= 0.3 is 5.97 Å². The maximum Gasteiger partial charge on any atom is 0.339 e. The van der Waals surface area contributed by atoms with Crippen molar-refractivity contribution >= 4 is 22.8 Å². The lowest BCUT2D eigenvalue weighted by atomic mass is 10.0. The molecule has 0 bridgehead atoms. The maximum absolute atomic E-state index is 13.2. The van der Waals surface area contributed by atoms with E-state index in [1.807, 2.05) is 19.9 Å². The van der Waals surface area contributed by atoms with Gasteiger partial charge in [0.05, 0.1) is 16.8 Å². The van der Waals surface area contributed by atoms with Gasteiger partial charge in [-0.1, -0.05) is 18.2 Å². The Hall–Kier alpha value is -3.28. The molecule has 3 rings (SSSR count). The summed E-state index contributed by atoms with van der Waals surface area (Å²) >= 11 is 0. The van der Waals surface area contributed by atoms with Crippen molar-refractivity contribution in [3.05, 3.63) is 66.0 Å². The van der Waals surface area contributed by atoms with Crippen molar-refractivity contribution in [2.75, 3.05) is 19.7 Å². The Balaban J connectivity index is 1.94. The van der Waals surface area contributed by atoms with Crippen LogP contribution in [0.1, 0.15) is 24.2 Å². The van der Waals surface area contributed by atoms with Crippen molar-refractivity contribution in [2.24, 2.45) is 0 Å². The van der Waals surface area contributed by atoms with Gasteiger partial charge in [-0.25, -0.2) is 14.2 Å². The van der Waals surface area contributed by atoms with Crippen LogP contribution in [0.15, 0.2) is 54.6 Å². The van der Waals surface area contributed by atoms with E-state index in [-0.39, 0.29) is 18.3 Å². The number of fused-ring (bicyclic) bond motifs is 1. The van der Waals surface area contributed by atoms with E-state index >= 15 is 0 Å². The highest BCUT2D eigenvalue weighted by molar-refractivity contribution is 6.05. The second-order valence-electron chi connectivity index (χ2n) is 6.22. The molecule has 1 heterocycles. The number of pyridine rings is 1. The van der Waals surface area contributed by atoms with Gasteiger partial charge in [0.1, 0.15) is 5.82 Å². The molecule has 0 fully saturated rings. The SMILES string of the molecule is CCN(CC)C(=O)COC(=O)c1cc(-c2ccc(F)cc2)nc2ccccc12. The minimum Gasteiger partial charge on any atom is -0.452 e. The van der Waals surface area contributed by atoms with E-state index in [1.54, 1.807) is 41.3 Å². The lowest BCUT2D eigenvalue weighted by Gasteiger charge is -2.18. The first-order valence-electron chi connectivity index (χ1n) is 9.14. The molecule has 0 saturated heterocycles. The van der Waals surface area contributed by atoms with E-state index in [0.29, 0.717) is 40.8 Å². The maximum atomic E-state index is 13.2. The number of esters is 1. The van der Waals surface area contributed by atoms with Gasteiger partial charge in [0, 0.05) is 24.0 Å². The number of aromatic nitrogens is 1. The molecule has 3 aromatic rings. The minimum atomic E-state index is -0.595. The number of carbonyl (C=O) groups excluding carboxylic acids is 2. The van der Waals surface area contributed by atoms with Crippen molar-refractivity contribution in [3.8, 4) is 11.3 Å². The summed E-state index contributed by atoms with van der Waals surface area (Å²) in [6.07, 6.45) is 0. The molecule has 1 amide bonds. The Morgan fingerprint density at radius 3 is 2.39 bits per heavy atom. The highest BCUT2D eigenvalue weighted by atomic mass is 19.1. The van der Waals surface area contributed by atoms with Crippen LogP contribution < -0.4 is 0 Å². The van der Waals surface area contributed by atoms with E-state index in [0.717, 1.165) is 0 Å². The fraction of sp³-hybridized carbons (Fsp3) is 0.227. The molecule has 144 valence electrons. The number of hydrogen-bond donors (Lipinski definition) is 0. The predicted molar refractivity (Wildman–Crippen MR) is 105 cm³/mol. The normalized spacial score (nSPS) is 10.7. The molecule has 0 unspecified atom stereocenters. The number of carbonyl (C=O) groups is 2. The van der Waals surface area contributed by atoms with E-state index in [4.69, 9.17) is 4.74 Å². The Kier molecular flexibility index (Phi) is 5.99. The average molecular weight is 380 g/mol. The number of amides is 1. The van der Waals surface area contributed by atoms with Crippen LogP contribution in [0.25, 0.3) is 22.2 Å². The number of halogens is 1. The summed E-state index contributed by atoms with van der Waals surface area (Å²) in [6.45, 7) is 4.53. The average Bonchev–Trinajstić information content (AvgIpc) is 2.72. The summed E-state index contributed by atoms with van der Waals surface area (Å²) in [5.41, 5.74) is 2.14. The van der Waals surface area contributed by atoms with Crippen LogP contribution in [0.5, 0.6) is 0 Å². The topological polar surface area (TPSA) is 59.5 Å². The van der Waals surface area contributed by atoms with Gasteiger partial charge in [0.15, 0.2) is 6.61 Å². The summed E-state index contributed by atoms with van der Waals surface area (Å²) < 4.78 is 18.5. The molecular formula is C22H21FN2O3. The second-order valence-corrected chi connectivity index (χ2v) is 6.22. The molecule has 0 aliphatic heterocycles. The number of ether oxygens (including phenoxy) is 1. The van der Waals surface area contributed by atoms with E-state index < -0.39 is 5.97 Å². The van der Waals surface area contributed by atoms with Crippen LogP contribution in [0, 0.1) is 5.82 Å². The van der Waals surface area contributed by atoms with Gasteiger partial charge in [0.25, 0.3) is 5.91 Å². The monoisotopic (exact) mass is 380 g/mol.